The lowest BCUT2D eigenvalue weighted by Gasteiger charge is -2.35. The van der Waals surface area contributed by atoms with Crippen LogP contribution >= 0.6 is 0 Å². The van der Waals surface area contributed by atoms with E-state index in [9.17, 15) is 9.18 Å². The molecule has 1 aromatic rings. The number of nitrogens with two attached hydrogens (primary N) is 1. The van der Waals surface area contributed by atoms with Crippen molar-refractivity contribution in [2.24, 2.45) is 5.73 Å². The Morgan fingerprint density at radius 1 is 1.63 bits per heavy atom. The quantitative estimate of drug-likeness (QED) is 0.821. The third kappa shape index (κ3) is 2.69. The second kappa shape index (κ2) is 5.99. The third-order valence-electron chi connectivity index (χ3n) is 3.29. The maximum atomic E-state index is 13.9. The standard InChI is InChI=1S/C13H18FN3O2/c1-19-11-4-2-3-10(14)12(11)13(18)17-6-5-16-8-9(17)7-15/h2-4,9,16H,5-8,15H2,1H3. The van der Waals surface area contributed by atoms with Gasteiger partial charge < -0.3 is 20.7 Å². The average molecular weight is 267 g/mol. The second-order valence-corrected chi connectivity index (χ2v) is 4.41. The van der Waals surface area contributed by atoms with E-state index in [0.717, 1.165) is 0 Å². The van der Waals surface area contributed by atoms with Crippen molar-refractivity contribution in [2.45, 2.75) is 6.04 Å². The molecule has 1 aromatic carbocycles. The molecule has 1 aliphatic rings. The maximum absolute atomic E-state index is 13.9. The molecule has 1 amide bonds. The van der Waals surface area contributed by atoms with Crippen molar-refractivity contribution < 1.29 is 13.9 Å². The summed E-state index contributed by atoms with van der Waals surface area (Å²) in [4.78, 5) is 14.1. The van der Waals surface area contributed by atoms with Gasteiger partial charge in [0.1, 0.15) is 17.1 Å². The van der Waals surface area contributed by atoms with E-state index in [1.54, 1.807) is 11.0 Å². The van der Waals surface area contributed by atoms with Gasteiger partial charge in [-0.15, -0.1) is 0 Å². The zero-order valence-electron chi connectivity index (χ0n) is 10.9. The Bertz CT molecular complexity index is 467. The molecule has 0 saturated carbocycles. The van der Waals surface area contributed by atoms with Crippen LogP contribution in [0.4, 0.5) is 4.39 Å². The van der Waals surface area contributed by atoms with Gasteiger partial charge in [0.25, 0.3) is 5.91 Å². The lowest BCUT2D eigenvalue weighted by molar-refractivity contribution is 0.0636. The number of carbonyl (C=O) groups excluding carboxylic acids is 1. The normalized spacial score (nSPS) is 19.3. The first kappa shape index (κ1) is 13.8. The van der Waals surface area contributed by atoms with Crippen LogP contribution in [0.3, 0.4) is 0 Å². The molecule has 1 fully saturated rings. The molecule has 1 unspecified atom stereocenters. The molecule has 1 aliphatic heterocycles. The Hall–Kier alpha value is -1.66. The molecule has 19 heavy (non-hydrogen) atoms. The Kier molecular flexibility index (Phi) is 4.34. The summed E-state index contributed by atoms with van der Waals surface area (Å²) in [5.74, 6) is -0.690. The summed E-state index contributed by atoms with van der Waals surface area (Å²) >= 11 is 0. The maximum Gasteiger partial charge on any atom is 0.261 e. The molecule has 2 rings (SSSR count). The van der Waals surface area contributed by atoms with Crippen molar-refractivity contribution in [3.05, 3.63) is 29.6 Å². The largest absolute Gasteiger partial charge is 0.496 e. The predicted octanol–water partition coefficient (Wildman–Crippen LogP) is 0.207. The van der Waals surface area contributed by atoms with Crippen LogP contribution in [0.5, 0.6) is 5.75 Å². The molecule has 104 valence electrons. The van der Waals surface area contributed by atoms with Crippen molar-refractivity contribution in [2.75, 3.05) is 33.3 Å². The van der Waals surface area contributed by atoms with Crippen LogP contribution in [0, 0.1) is 5.82 Å². The van der Waals surface area contributed by atoms with Gasteiger partial charge in [0.15, 0.2) is 0 Å². The zero-order valence-corrected chi connectivity index (χ0v) is 10.9. The molecule has 0 aliphatic carbocycles. The molecule has 3 N–H and O–H groups in total. The number of methoxy groups -OCH3 is 1. The fourth-order valence-corrected chi connectivity index (χ4v) is 2.26. The smallest absolute Gasteiger partial charge is 0.261 e. The number of nitrogens with zero attached hydrogens (tertiary/aromatic N) is 1. The molecule has 1 saturated heterocycles. The zero-order chi connectivity index (χ0) is 13.8. The van der Waals surface area contributed by atoms with Crippen LogP contribution < -0.4 is 15.8 Å². The fraction of sp³-hybridized carbons (Fsp3) is 0.462. The highest BCUT2D eigenvalue weighted by Gasteiger charge is 2.29. The number of amides is 1. The minimum absolute atomic E-state index is 0.0228. The minimum atomic E-state index is -0.571. The molecular weight excluding hydrogens is 249 g/mol. The van der Waals surface area contributed by atoms with E-state index in [1.807, 2.05) is 0 Å². The van der Waals surface area contributed by atoms with Gasteiger partial charge in [0.05, 0.1) is 13.2 Å². The number of benzene rings is 1. The molecule has 0 aromatic heterocycles. The number of nitrogens with one attached hydrogen (secondary N) is 1. The summed E-state index contributed by atoms with van der Waals surface area (Å²) in [7, 11) is 1.42. The molecule has 1 heterocycles. The number of hydrogen-bond donors (Lipinski definition) is 2. The second-order valence-electron chi connectivity index (χ2n) is 4.41. The monoisotopic (exact) mass is 267 g/mol. The van der Waals surface area contributed by atoms with Gasteiger partial charge in [-0.1, -0.05) is 6.07 Å². The van der Waals surface area contributed by atoms with Crippen molar-refractivity contribution in [3.63, 3.8) is 0 Å². The number of carbonyl (C=O) groups is 1. The van der Waals surface area contributed by atoms with Gasteiger partial charge in [-0.25, -0.2) is 4.39 Å². The third-order valence-corrected chi connectivity index (χ3v) is 3.29. The van der Waals surface area contributed by atoms with E-state index in [2.05, 4.69) is 5.32 Å². The van der Waals surface area contributed by atoms with Crippen LogP contribution in [-0.2, 0) is 0 Å². The highest BCUT2D eigenvalue weighted by atomic mass is 19.1. The van der Waals surface area contributed by atoms with Crippen molar-refractivity contribution >= 4 is 5.91 Å². The van der Waals surface area contributed by atoms with Crippen LogP contribution in [0.2, 0.25) is 0 Å². The summed E-state index contributed by atoms with van der Waals surface area (Å²) in [6.07, 6.45) is 0. The summed E-state index contributed by atoms with van der Waals surface area (Å²) in [6, 6.07) is 4.24. The molecule has 0 spiro atoms. The number of ether oxygens (including phenoxy) is 1. The van der Waals surface area contributed by atoms with E-state index >= 15 is 0 Å². The lowest BCUT2D eigenvalue weighted by Crippen LogP contribution is -2.56. The van der Waals surface area contributed by atoms with Crippen LogP contribution in [0.1, 0.15) is 10.4 Å². The Morgan fingerprint density at radius 2 is 2.42 bits per heavy atom. The Labute approximate surface area is 111 Å². The van der Waals surface area contributed by atoms with Crippen LogP contribution in [0.25, 0.3) is 0 Å². The average Bonchev–Trinajstić information content (AvgIpc) is 2.46. The first-order valence-electron chi connectivity index (χ1n) is 6.23. The minimum Gasteiger partial charge on any atom is -0.496 e. The van der Waals surface area contributed by atoms with Gasteiger partial charge in [-0.3, -0.25) is 4.79 Å². The summed E-state index contributed by atoms with van der Waals surface area (Å²) in [5, 5.41) is 3.17. The number of halogens is 1. The van der Waals surface area contributed by atoms with Crippen LogP contribution in [-0.4, -0.2) is 50.1 Å². The summed E-state index contributed by atoms with van der Waals surface area (Å²) < 4.78 is 19.0. The number of piperazine rings is 1. The summed E-state index contributed by atoms with van der Waals surface area (Å²) in [5.41, 5.74) is 5.64. The first-order chi connectivity index (χ1) is 9.19. The molecule has 0 radical (unpaired) electrons. The number of rotatable bonds is 3. The van der Waals surface area contributed by atoms with Crippen molar-refractivity contribution in [1.29, 1.82) is 0 Å². The van der Waals surface area contributed by atoms with E-state index in [-0.39, 0.29) is 23.3 Å². The Morgan fingerprint density at radius 3 is 3.11 bits per heavy atom. The first-order valence-corrected chi connectivity index (χ1v) is 6.23. The molecule has 0 bridgehead atoms. The van der Waals surface area contributed by atoms with Gasteiger partial charge in [-0.2, -0.15) is 0 Å². The molecular formula is C13H18FN3O2. The summed E-state index contributed by atoms with van der Waals surface area (Å²) in [6.45, 7) is 2.16. The van der Waals surface area contributed by atoms with E-state index in [1.165, 1.54) is 19.2 Å². The van der Waals surface area contributed by atoms with E-state index < -0.39 is 5.82 Å². The lowest BCUT2D eigenvalue weighted by atomic mass is 10.1. The van der Waals surface area contributed by atoms with Gasteiger partial charge >= 0.3 is 0 Å². The van der Waals surface area contributed by atoms with Crippen molar-refractivity contribution in [1.82, 2.24) is 10.2 Å². The van der Waals surface area contributed by atoms with E-state index in [0.29, 0.717) is 26.2 Å². The Balaban J connectivity index is 2.32. The fourth-order valence-electron chi connectivity index (χ4n) is 2.26. The number of hydrogen-bond acceptors (Lipinski definition) is 4. The van der Waals surface area contributed by atoms with Gasteiger partial charge in [0, 0.05) is 26.2 Å². The van der Waals surface area contributed by atoms with Gasteiger partial charge in [0.2, 0.25) is 0 Å². The SMILES string of the molecule is COc1cccc(F)c1C(=O)N1CCNCC1CN. The highest BCUT2D eigenvalue weighted by molar-refractivity contribution is 5.97. The topological polar surface area (TPSA) is 67.6 Å². The van der Waals surface area contributed by atoms with E-state index in [4.69, 9.17) is 10.5 Å². The molecule has 5 nitrogen and oxygen atoms in total. The highest BCUT2D eigenvalue weighted by Crippen LogP contribution is 2.24. The molecule has 1 atom stereocenters. The van der Waals surface area contributed by atoms with Crippen LogP contribution in [0.15, 0.2) is 18.2 Å². The molecule has 6 heteroatoms. The van der Waals surface area contributed by atoms with Crippen molar-refractivity contribution in [3.8, 4) is 5.75 Å². The predicted molar refractivity (Wildman–Crippen MR) is 69.7 cm³/mol. The van der Waals surface area contributed by atoms with Gasteiger partial charge in [-0.05, 0) is 12.1 Å².